The summed E-state index contributed by atoms with van der Waals surface area (Å²) in [6, 6.07) is -0.833. The zero-order valence-electron chi connectivity index (χ0n) is 8.37. The molecule has 3 heteroatoms. The molecule has 0 spiro atoms. The summed E-state index contributed by atoms with van der Waals surface area (Å²) < 4.78 is 0. The van der Waals surface area contributed by atoms with E-state index in [1.165, 1.54) is 0 Å². The van der Waals surface area contributed by atoms with Crippen LogP contribution in [-0.2, 0) is 0 Å². The van der Waals surface area contributed by atoms with E-state index in [-0.39, 0.29) is 0 Å². The summed E-state index contributed by atoms with van der Waals surface area (Å²) >= 11 is 0. The van der Waals surface area contributed by atoms with Crippen LogP contribution in [0.4, 0.5) is 4.79 Å². The van der Waals surface area contributed by atoms with E-state index in [1.807, 2.05) is 0 Å². The van der Waals surface area contributed by atoms with Crippen LogP contribution >= 0.6 is 0 Å². The third kappa shape index (κ3) is 36.0. The number of carbonyl (C=O) groups is 1. The number of primary amides is 2. The second-order valence-electron chi connectivity index (χ2n) is 3.28. The number of amides is 2. The van der Waals surface area contributed by atoms with Gasteiger partial charge in [-0.2, -0.15) is 0 Å². The summed E-state index contributed by atoms with van der Waals surface area (Å²) in [5.74, 6) is 1.41. The molecular weight excluding hydrogens is 152 g/mol. The average Bonchev–Trinajstić information content (AvgIpc) is 1.82. The molecular formula is C9H20N2O. The maximum atomic E-state index is 9.00. The SMILES string of the molecule is CC(C)C=CC(C)C.NC(N)=O. The Labute approximate surface area is 74.8 Å². The van der Waals surface area contributed by atoms with Gasteiger partial charge in [0.25, 0.3) is 0 Å². The Kier molecular flexibility index (Phi) is 9.18. The third-order valence-corrected chi connectivity index (χ3v) is 0.881. The quantitative estimate of drug-likeness (QED) is 0.613. The molecule has 0 saturated heterocycles. The van der Waals surface area contributed by atoms with Gasteiger partial charge in [-0.25, -0.2) is 4.79 Å². The second-order valence-corrected chi connectivity index (χ2v) is 3.28. The predicted octanol–water partition coefficient (Wildman–Crippen LogP) is 1.88. The van der Waals surface area contributed by atoms with Crippen LogP contribution in [0.25, 0.3) is 0 Å². The Bertz CT molecular complexity index is 125. The fraction of sp³-hybridized carbons (Fsp3) is 0.667. The van der Waals surface area contributed by atoms with Crippen LogP contribution in [0.5, 0.6) is 0 Å². The number of allylic oxidation sites excluding steroid dienone is 2. The first kappa shape index (κ1) is 13.6. The maximum absolute atomic E-state index is 9.00. The van der Waals surface area contributed by atoms with Crippen molar-refractivity contribution in [2.24, 2.45) is 23.3 Å². The predicted molar refractivity (Wildman–Crippen MR) is 52.6 cm³/mol. The van der Waals surface area contributed by atoms with Crippen molar-refractivity contribution in [2.75, 3.05) is 0 Å². The van der Waals surface area contributed by atoms with Gasteiger partial charge in [0.2, 0.25) is 0 Å². The average molecular weight is 172 g/mol. The van der Waals surface area contributed by atoms with Gasteiger partial charge < -0.3 is 11.5 Å². The van der Waals surface area contributed by atoms with Crippen LogP contribution in [0, 0.1) is 11.8 Å². The lowest BCUT2D eigenvalue weighted by atomic mass is 10.1. The van der Waals surface area contributed by atoms with Gasteiger partial charge in [-0.1, -0.05) is 39.8 Å². The molecule has 0 radical (unpaired) electrons. The van der Waals surface area contributed by atoms with Crippen LogP contribution in [0.1, 0.15) is 27.7 Å². The minimum Gasteiger partial charge on any atom is -0.352 e. The summed E-state index contributed by atoms with van der Waals surface area (Å²) in [7, 11) is 0. The Balaban J connectivity index is 0. The van der Waals surface area contributed by atoms with Gasteiger partial charge in [0.05, 0.1) is 0 Å². The maximum Gasteiger partial charge on any atom is 0.309 e. The highest BCUT2D eigenvalue weighted by atomic mass is 16.2. The van der Waals surface area contributed by atoms with Crippen molar-refractivity contribution >= 4 is 6.03 Å². The Morgan fingerprint density at radius 1 is 1.00 bits per heavy atom. The normalized spacial score (nSPS) is 10.2. The Morgan fingerprint density at radius 3 is 1.25 bits per heavy atom. The van der Waals surface area contributed by atoms with Gasteiger partial charge in [0.1, 0.15) is 0 Å². The van der Waals surface area contributed by atoms with Gasteiger partial charge in [0.15, 0.2) is 0 Å². The van der Waals surface area contributed by atoms with E-state index < -0.39 is 6.03 Å². The molecule has 0 aliphatic heterocycles. The van der Waals surface area contributed by atoms with Crippen molar-refractivity contribution in [3.05, 3.63) is 12.2 Å². The number of hydrogen-bond donors (Lipinski definition) is 2. The fourth-order valence-corrected chi connectivity index (χ4v) is 0.444. The minimum atomic E-state index is -0.833. The highest BCUT2D eigenvalue weighted by Crippen LogP contribution is 1.99. The van der Waals surface area contributed by atoms with E-state index in [2.05, 4.69) is 51.3 Å². The van der Waals surface area contributed by atoms with E-state index in [4.69, 9.17) is 4.79 Å². The standard InChI is InChI=1S/C8H16.CH4N2O/c1-7(2)5-6-8(3)4;2-1(3)4/h5-8H,1-4H3;(H4,2,3,4). The molecule has 0 aromatic heterocycles. The molecule has 0 aromatic carbocycles. The number of rotatable bonds is 2. The molecule has 4 N–H and O–H groups in total. The van der Waals surface area contributed by atoms with Crippen molar-refractivity contribution in [3.63, 3.8) is 0 Å². The zero-order valence-corrected chi connectivity index (χ0v) is 8.37. The largest absolute Gasteiger partial charge is 0.352 e. The summed E-state index contributed by atoms with van der Waals surface area (Å²) in [6.45, 7) is 8.77. The fourth-order valence-electron chi connectivity index (χ4n) is 0.444. The molecule has 0 aliphatic rings. The van der Waals surface area contributed by atoms with E-state index >= 15 is 0 Å². The van der Waals surface area contributed by atoms with E-state index in [9.17, 15) is 0 Å². The lowest BCUT2D eigenvalue weighted by Gasteiger charge is -1.95. The molecule has 0 aromatic rings. The molecule has 12 heavy (non-hydrogen) atoms. The smallest absolute Gasteiger partial charge is 0.309 e. The van der Waals surface area contributed by atoms with Gasteiger partial charge in [-0.3, -0.25) is 0 Å². The van der Waals surface area contributed by atoms with Crippen molar-refractivity contribution < 1.29 is 4.79 Å². The Morgan fingerprint density at radius 2 is 1.17 bits per heavy atom. The van der Waals surface area contributed by atoms with Gasteiger partial charge in [-0.05, 0) is 11.8 Å². The summed E-state index contributed by atoms with van der Waals surface area (Å²) in [6.07, 6.45) is 4.48. The van der Waals surface area contributed by atoms with Crippen molar-refractivity contribution in [1.29, 1.82) is 0 Å². The first-order valence-corrected chi connectivity index (χ1v) is 4.09. The number of hydrogen-bond acceptors (Lipinski definition) is 1. The highest BCUT2D eigenvalue weighted by Gasteiger charge is 1.85. The lowest BCUT2D eigenvalue weighted by molar-refractivity contribution is 0.256. The van der Waals surface area contributed by atoms with Gasteiger partial charge in [-0.15, -0.1) is 0 Å². The summed E-state index contributed by atoms with van der Waals surface area (Å²) in [5, 5.41) is 0. The van der Waals surface area contributed by atoms with Crippen LogP contribution in [0.2, 0.25) is 0 Å². The van der Waals surface area contributed by atoms with Gasteiger partial charge in [0, 0.05) is 0 Å². The molecule has 0 saturated carbocycles. The molecule has 2 amide bonds. The van der Waals surface area contributed by atoms with Gasteiger partial charge >= 0.3 is 6.03 Å². The van der Waals surface area contributed by atoms with Crippen molar-refractivity contribution in [2.45, 2.75) is 27.7 Å². The lowest BCUT2D eigenvalue weighted by Crippen LogP contribution is -2.18. The zero-order chi connectivity index (χ0) is 10.1. The molecule has 72 valence electrons. The van der Waals surface area contributed by atoms with E-state index in [1.54, 1.807) is 0 Å². The molecule has 0 unspecified atom stereocenters. The molecule has 0 bridgehead atoms. The molecule has 3 nitrogen and oxygen atoms in total. The summed E-state index contributed by atoms with van der Waals surface area (Å²) in [4.78, 5) is 9.00. The molecule has 0 heterocycles. The van der Waals surface area contributed by atoms with Crippen LogP contribution in [0.3, 0.4) is 0 Å². The number of carbonyl (C=O) groups excluding carboxylic acids is 1. The third-order valence-electron chi connectivity index (χ3n) is 0.881. The van der Waals surface area contributed by atoms with E-state index in [0.29, 0.717) is 11.8 Å². The monoisotopic (exact) mass is 172 g/mol. The first-order valence-electron chi connectivity index (χ1n) is 4.09. The molecule has 0 rings (SSSR count). The topological polar surface area (TPSA) is 69.1 Å². The van der Waals surface area contributed by atoms with Crippen LogP contribution in [0.15, 0.2) is 12.2 Å². The first-order chi connectivity index (χ1) is 5.36. The summed E-state index contributed by atoms with van der Waals surface area (Å²) in [5.41, 5.74) is 8.50. The molecule has 0 fully saturated rings. The molecule has 0 aliphatic carbocycles. The Hall–Kier alpha value is -0.990. The van der Waals surface area contributed by atoms with Crippen LogP contribution in [-0.4, -0.2) is 6.03 Å². The number of urea groups is 1. The van der Waals surface area contributed by atoms with Crippen molar-refractivity contribution in [3.8, 4) is 0 Å². The highest BCUT2D eigenvalue weighted by molar-refractivity contribution is 5.69. The van der Waals surface area contributed by atoms with Crippen LogP contribution < -0.4 is 11.5 Å². The minimum absolute atomic E-state index is 0.706. The second kappa shape index (κ2) is 8.11. The molecule has 0 atom stereocenters. The van der Waals surface area contributed by atoms with E-state index in [0.717, 1.165) is 0 Å². The van der Waals surface area contributed by atoms with Crippen molar-refractivity contribution in [1.82, 2.24) is 0 Å². The number of nitrogens with two attached hydrogens (primary N) is 2.